The minimum Gasteiger partial charge on any atom is -0.356 e. The number of nitrogens with one attached hydrogen (secondary N) is 1. The van der Waals surface area contributed by atoms with Crippen LogP contribution in [0.15, 0.2) is 11.6 Å². The van der Waals surface area contributed by atoms with Gasteiger partial charge in [-0.15, -0.1) is 0 Å². The Labute approximate surface area is 412 Å². The molecule has 0 bridgehead atoms. The molecular weight excluding hydrogens is 789 g/mol. The van der Waals surface area contributed by atoms with Gasteiger partial charge in [0.25, 0.3) is 0 Å². The molecule has 0 aliphatic rings. The number of hydrogen-bond acceptors (Lipinski definition) is 2. The summed E-state index contributed by atoms with van der Waals surface area (Å²) in [6, 6.07) is 0. The zero-order valence-electron chi connectivity index (χ0n) is 46.3. The summed E-state index contributed by atoms with van der Waals surface area (Å²) in [5, 5.41) is 3.25. The molecule has 0 aliphatic heterocycles. The van der Waals surface area contributed by atoms with Crippen LogP contribution in [-0.4, -0.2) is 38.0 Å². The third-order valence-corrected chi connectivity index (χ3v) is 14.9. The summed E-state index contributed by atoms with van der Waals surface area (Å²) >= 11 is 0. The van der Waals surface area contributed by atoms with Crippen molar-refractivity contribution in [3.8, 4) is 0 Å². The number of allylic oxidation sites excluding steroid dienone is 2. The lowest BCUT2D eigenvalue weighted by Gasteiger charge is -2.24. The molecule has 0 aromatic carbocycles. The SMILES string of the molecule is CCCCCCCCCCCCCCCCCCC(CCCCCCCC=C(CCCCCCCCCC)CCCCCCCCCCC)CC(C)CC(C)CNC(=O)CCCN(C)C. The van der Waals surface area contributed by atoms with E-state index in [1.165, 1.54) is 289 Å². The number of amides is 1. The van der Waals surface area contributed by atoms with E-state index in [0.717, 1.165) is 31.3 Å². The van der Waals surface area contributed by atoms with Crippen LogP contribution in [0.2, 0.25) is 0 Å². The molecule has 0 heterocycles. The van der Waals surface area contributed by atoms with E-state index in [0.29, 0.717) is 12.3 Å². The molecule has 1 amide bonds. The normalized spacial score (nSPS) is 13.5. The summed E-state index contributed by atoms with van der Waals surface area (Å²) in [6.45, 7) is 13.6. The quantitative estimate of drug-likeness (QED) is 0.0487. The van der Waals surface area contributed by atoms with Gasteiger partial charge in [-0.05, 0) is 96.2 Å². The third kappa shape index (κ3) is 50.9. The maximum Gasteiger partial charge on any atom is 0.220 e. The maximum atomic E-state index is 12.4. The molecule has 0 radical (unpaired) electrons. The van der Waals surface area contributed by atoms with Crippen LogP contribution >= 0.6 is 0 Å². The zero-order chi connectivity index (χ0) is 47.5. The molecule has 0 saturated heterocycles. The van der Waals surface area contributed by atoms with E-state index in [9.17, 15) is 4.79 Å². The van der Waals surface area contributed by atoms with Gasteiger partial charge in [-0.1, -0.05) is 284 Å². The second-order valence-corrected chi connectivity index (χ2v) is 22.4. The van der Waals surface area contributed by atoms with Gasteiger partial charge in [0.05, 0.1) is 0 Å². The topological polar surface area (TPSA) is 32.3 Å². The lowest BCUT2D eigenvalue weighted by Crippen LogP contribution is -2.29. The molecule has 0 aliphatic carbocycles. The van der Waals surface area contributed by atoms with Crippen LogP contribution in [0.3, 0.4) is 0 Å². The van der Waals surface area contributed by atoms with Gasteiger partial charge in [0.2, 0.25) is 5.91 Å². The number of nitrogens with zero attached hydrogens (tertiary/aromatic N) is 1. The summed E-state index contributed by atoms with van der Waals surface area (Å²) in [7, 11) is 4.17. The van der Waals surface area contributed by atoms with Gasteiger partial charge in [-0.3, -0.25) is 4.79 Å². The van der Waals surface area contributed by atoms with Crippen molar-refractivity contribution >= 4 is 5.91 Å². The van der Waals surface area contributed by atoms with Gasteiger partial charge in [0.15, 0.2) is 0 Å². The fourth-order valence-electron chi connectivity index (χ4n) is 10.6. The smallest absolute Gasteiger partial charge is 0.220 e. The molecule has 3 nitrogen and oxygen atoms in total. The predicted molar refractivity (Wildman–Crippen MR) is 295 cm³/mol. The van der Waals surface area contributed by atoms with Gasteiger partial charge >= 0.3 is 0 Å². The number of unbranched alkanes of at least 4 members (excludes halogenated alkanes) is 35. The van der Waals surface area contributed by atoms with E-state index in [4.69, 9.17) is 0 Å². The Morgan fingerprint density at radius 1 is 0.415 bits per heavy atom. The van der Waals surface area contributed by atoms with Gasteiger partial charge in [0.1, 0.15) is 0 Å². The first-order valence-corrected chi connectivity index (χ1v) is 30.4. The minimum absolute atomic E-state index is 0.233. The van der Waals surface area contributed by atoms with Crippen molar-refractivity contribution in [2.24, 2.45) is 17.8 Å². The first kappa shape index (κ1) is 64.2. The van der Waals surface area contributed by atoms with Gasteiger partial charge in [-0.25, -0.2) is 0 Å². The van der Waals surface area contributed by atoms with Crippen molar-refractivity contribution in [3.05, 3.63) is 11.6 Å². The number of carbonyl (C=O) groups is 1. The Hall–Kier alpha value is -0.830. The molecule has 0 fully saturated rings. The van der Waals surface area contributed by atoms with Crippen LogP contribution in [-0.2, 0) is 4.79 Å². The first-order valence-electron chi connectivity index (χ1n) is 30.4. The van der Waals surface area contributed by atoms with Crippen LogP contribution in [0.5, 0.6) is 0 Å². The summed E-state index contributed by atoms with van der Waals surface area (Å²) in [5.41, 5.74) is 1.81. The fourth-order valence-corrected chi connectivity index (χ4v) is 10.6. The highest BCUT2D eigenvalue weighted by molar-refractivity contribution is 5.75. The van der Waals surface area contributed by atoms with Crippen LogP contribution in [0.4, 0.5) is 0 Å². The van der Waals surface area contributed by atoms with Crippen molar-refractivity contribution in [2.75, 3.05) is 27.2 Å². The molecule has 3 unspecified atom stereocenters. The number of carbonyl (C=O) groups excluding carboxylic acids is 1. The molecule has 3 heteroatoms. The van der Waals surface area contributed by atoms with E-state index in [-0.39, 0.29) is 5.91 Å². The van der Waals surface area contributed by atoms with Crippen LogP contribution in [0, 0.1) is 17.8 Å². The lowest BCUT2D eigenvalue weighted by atomic mass is 9.83. The molecule has 0 spiro atoms. The van der Waals surface area contributed by atoms with Crippen molar-refractivity contribution in [3.63, 3.8) is 0 Å². The van der Waals surface area contributed by atoms with Gasteiger partial charge < -0.3 is 10.2 Å². The zero-order valence-corrected chi connectivity index (χ0v) is 46.3. The highest BCUT2D eigenvalue weighted by atomic mass is 16.1. The van der Waals surface area contributed by atoms with E-state index in [1.54, 1.807) is 0 Å². The van der Waals surface area contributed by atoms with Crippen molar-refractivity contribution in [1.29, 1.82) is 0 Å². The van der Waals surface area contributed by atoms with Gasteiger partial charge in [0, 0.05) is 13.0 Å². The highest BCUT2D eigenvalue weighted by Crippen LogP contribution is 2.29. The Balaban J connectivity index is 4.71. The van der Waals surface area contributed by atoms with E-state index >= 15 is 0 Å². The molecule has 3 atom stereocenters. The molecular formula is C62H124N2O. The lowest BCUT2D eigenvalue weighted by molar-refractivity contribution is -0.121. The van der Waals surface area contributed by atoms with Crippen molar-refractivity contribution in [1.82, 2.24) is 10.2 Å². The van der Waals surface area contributed by atoms with E-state index in [1.807, 2.05) is 5.57 Å². The third-order valence-electron chi connectivity index (χ3n) is 14.9. The van der Waals surface area contributed by atoms with Crippen molar-refractivity contribution < 1.29 is 4.79 Å². The number of hydrogen-bond donors (Lipinski definition) is 1. The maximum absolute atomic E-state index is 12.4. The highest BCUT2D eigenvalue weighted by Gasteiger charge is 2.17. The second kappa shape index (κ2) is 52.5. The average Bonchev–Trinajstić information content (AvgIpc) is 3.28. The van der Waals surface area contributed by atoms with Crippen LogP contribution in [0.25, 0.3) is 0 Å². The second-order valence-electron chi connectivity index (χ2n) is 22.4. The average molecular weight is 914 g/mol. The summed E-state index contributed by atoms with van der Waals surface area (Å²) < 4.78 is 0. The Morgan fingerprint density at radius 3 is 1.15 bits per heavy atom. The molecule has 0 rings (SSSR count). The summed E-state index contributed by atoms with van der Waals surface area (Å²) in [5.74, 6) is 2.41. The van der Waals surface area contributed by atoms with Crippen LogP contribution < -0.4 is 5.32 Å². The molecule has 0 aromatic heterocycles. The Bertz CT molecular complexity index is 958. The molecule has 65 heavy (non-hydrogen) atoms. The van der Waals surface area contributed by atoms with Crippen molar-refractivity contribution in [2.45, 2.75) is 336 Å². The monoisotopic (exact) mass is 913 g/mol. The number of rotatable bonds is 54. The summed E-state index contributed by atoms with van der Waals surface area (Å²) in [4.78, 5) is 14.6. The predicted octanol–water partition coefficient (Wildman–Crippen LogP) is 20.9. The fraction of sp³-hybridized carbons (Fsp3) is 0.952. The Morgan fingerprint density at radius 2 is 0.769 bits per heavy atom. The van der Waals surface area contributed by atoms with Gasteiger partial charge in [-0.2, -0.15) is 0 Å². The van der Waals surface area contributed by atoms with Crippen LogP contribution in [0.1, 0.15) is 336 Å². The molecule has 1 N–H and O–H groups in total. The van der Waals surface area contributed by atoms with E-state index < -0.39 is 0 Å². The first-order chi connectivity index (χ1) is 31.8. The molecule has 388 valence electrons. The van der Waals surface area contributed by atoms with E-state index in [2.05, 4.69) is 65.0 Å². The largest absolute Gasteiger partial charge is 0.356 e. The molecule has 0 aromatic rings. The Kier molecular flexibility index (Phi) is 51.9. The minimum atomic E-state index is 0.233. The summed E-state index contributed by atoms with van der Waals surface area (Å²) in [6.07, 6.45) is 68.5. The standard InChI is InChI=1S/C62H124N2O/c1-8-11-14-17-20-23-24-25-26-27-28-29-31-34-40-45-51-61(56-58(4)55-59(5)57-63-62(65)53-47-54-64(6)7)52-46-41-36-35-39-44-50-60(48-42-37-32-22-19-16-13-10-3)49-43-38-33-30-21-18-15-12-9-2/h50,58-59,61H,8-49,51-57H2,1-7H3,(H,63,65). The molecule has 0 saturated carbocycles.